The summed E-state index contributed by atoms with van der Waals surface area (Å²) in [7, 11) is 0. The molecule has 0 N–H and O–H groups in total. The van der Waals surface area contributed by atoms with E-state index in [-0.39, 0.29) is 22.7 Å². The van der Waals surface area contributed by atoms with Gasteiger partial charge in [-0.25, -0.2) is 0 Å². The van der Waals surface area contributed by atoms with E-state index in [1.807, 2.05) is 0 Å². The lowest BCUT2D eigenvalue weighted by atomic mass is 9.43. The third kappa shape index (κ3) is 1.63. The Morgan fingerprint density at radius 3 is 2.40 bits per heavy atom. The van der Waals surface area contributed by atoms with Crippen LogP contribution in [0.5, 0.6) is 0 Å². The summed E-state index contributed by atoms with van der Waals surface area (Å²) in [6.07, 6.45) is 10.7. The Morgan fingerprint density at radius 2 is 1.52 bits per heavy atom. The van der Waals surface area contributed by atoms with Crippen molar-refractivity contribution >= 4 is 17.3 Å². The quantitative estimate of drug-likeness (QED) is 0.675. The second kappa shape index (κ2) is 4.64. The lowest BCUT2D eigenvalue weighted by Crippen LogP contribution is -2.57. The smallest absolute Gasteiger partial charge is 0.136 e. The molecule has 6 rings (SSSR count). The first-order valence-electron chi connectivity index (χ1n) is 10.6. The van der Waals surface area contributed by atoms with E-state index >= 15 is 0 Å². The van der Waals surface area contributed by atoms with Gasteiger partial charge in [0.2, 0.25) is 0 Å². The summed E-state index contributed by atoms with van der Waals surface area (Å²) < 4.78 is 0. The van der Waals surface area contributed by atoms with Crippen LogP contribution in [0.2, 0.25) is 0 Å². The number of hydrogen-bond donors (Lipinski definition) is 0. The number of hydrogen-bond acceptors (Lipinski definition) is 3. The highest BCUT2D eigenvalue weighted by molar-refractivity contribution is 5.88. The maximum absolute atomic E-state index is 13.2. The second-order valence-corrected chi connectivity index (χ2v) is 10.2. The van der Waals surface area contributed by atoms with Crippen LogP contribution in [-0.2, 0) is 14.4 Å². The average molecular weight is 340 g/mol. The molecule has 3 nitrogen and oxygen atoms in total. The molecule has 134 valence electrons. The molecule has 0 aromatic carbocycles. The topological polar surface area (TPSA) is 51.2 Å². The molecular weight excluding hydrogens is 312 g/mol. The van der Waals surface area contributed by atoms with Gasteiger partial charge in [-0.05, 0) is 79.4 Å². The largest absolute Gasteiger partial charge is 0.300 e. The van der Waals surface area contributed by atoms with Crippen LogP contribution in [0.4, 0.5) is 0 Å². The van der Waals surface area contributed by atoms with Crippen LogP contribution in [0.3, 0.4) is 0 Å². The van der Waals surface area contributed by atoms with Gasteiger partial charge in [0.05, 0.1) is 0 Å². The highest BCUT2D eigenvalue weighted by Gasteiger charge is 2.74. The lowest BCUT2D eigenvalue weighted by Gasteiger charge is -2.60. The molecule has 0 saturated heterocycles. The van der Waals surface area contributed by atoms with Crippen molar-refractivity contribution in [2.45, 2.75) is 70.6 Å². The van der Waals surface area contributed by atoms with Crippen LogP contribution in [0.15, 0.2) is 0 Å². The molecular formula is C22H28O3. The summed E-state index contributed by atoms with van der Waals surface area (Å²) in [6.45, 7) is 0. The molecule has 8 atom stereocenters. The Labute approximate surface area is 149 Å². The van der Waals surface area contributed by atoms with Crippen molar-refractivity contribution in [3.63, 3.8) is 0 Å². The van der Waals surface area contributed by atoms with Gasteiger partial charge in [-0.2, -0.15) is 0 Å². The molecule has 0 aromatic heterocycles. The van der Waals surface area contributed by atoms with Crippen molar-refractivity contribution in [2.75, 3.05) is 0 Å². The van der Waals surface area contributed by atoms with Crippen molar-refractivity contribution in [1.82, 2.24) is 0 Å². The van der Waals surface area contributed by atoms with E-state index in [0.717, 1.165) is 51.4 Å². The normalized spacial score (nSPS) is 56.4. The molecule has 25 heavy (non-hydrogen) atoms. The first kappa shape index (κ1) is 15.1. The molecule has 0 aliphatic heterocycles. The third-order valence-corrected chi connectivity index (χ3v) is 9.96. The SMILES string of the molecule is O=C1CCC23C(CCC2C(=O)CC2C3CCC3CCC(=O)C4CC342)C1. The highest BCUT2D eigenvalue weighted by Crippen LogP contribution is 2.77. The highest BCUT2D eigenvalue weighted by atomic mass is 16.1. The van der Waals surface area contributed by atoms with Crippen LogP contribution < -0.4 is 0 Å². The van der Waals surface area contributed by atoms with E-state index in [4.69, 9.17) is 0 Å². The Morgan fingerprint density at radius 1 is 0.680 bits per heavy atom. The van der Waals surface area contributed by atoms with Crippen LogP contribution in [0, 0.1) is 46.3 Å². The number of Topliss-reactive ketones (excluding diaryl/α,β-unsaturated/α-hetero) is 3. The summed E-state index contributed by atoms with van der Waals surface area (Å²) in [4.78, 5) is 37.8. The predicted octanol–water partition coefficient (Wildman–Crippen LogP) is 3.74. The zero-order valence-electron chi connectivity index (χ0n) is 15.0. The Balaban J connectivity index is 1.45. The van der Waals surface area contributed by atoms with E-state index in [1.165, 1.54) is 12.8 Å². The minimum absolute atomic E-state index is 0.126. The standard InChI is InChI=1S/C22H28O3/c23-14-7-8-21-13(9-14)2-5-16(21)20(25)10-17-15(21)4-1-12-3-6-19(24)18-11-22(12,17)18/h12-13,15-18H,1-11H2. The minimum Gasteiger partial charge on any atom is -0.300 e. The van der Waals surface area contributed by atoms with Crippen LogP contribution >= 0.6 is 0 Å². The van der Waals surface area contributed by atoms with E-state index in [1.54, 1.807) is 0 Å². The molecule has 6 aliphatic rings. The molecule has 6 fully saturated rings. The zero-order valence-corrected chi connectivity index (χ0v) is 15.0. The maximum Gasteiger partial charge on any atom is 0.136 e. The molecule has 6 aliphatic carbocycles. The van der Waals surface area contributed by atoms with Gasteiger partial charge in [-0.15, -0.1) is 0 Å². The first-order valence-corrected chi connectivity index (χ1v) is 10.6. The minimum atomic E-state index is 0.126. The summed E-state index contributed by atoms with van der Waals surface area (Å²) in [6, 6.07) is 0. The number of carbonyl (C=O) groups excluding carboxylic acids is 3. The molecule has 0 heterocycles. The Bertz CT molecular complexity index is 695. The zero-order chi connectivity index (χ0) is 17.0. The molecule has 3 heteroatoms. The van der Waals surface area contributed by atoms with Gasteiger partial charge in [0.1, 0.15) is 17.3 Å². The molecule has 0 bridgehead atoms. The predicted molar refractivity (Wildman–Crippen MR) is 91.6 cm³/mol. The van der Waals surface area contributed by atoms with Gasteiger partial charge in [0.25, 0.3) is 0 Å². The van der Waals surface area contributed by atoms with E-state index in [9.17, 15) is 14.4 Å². The summed E-state index contributed by atoms with van der Waals surface area (Å²) in [5.74, 6) is 4.15. The molecule has 2 spiro atoms. The van der Waals surface area contributed by atoms with Gasteiger partial charge in [0, 0.05) is 37.5 Å². The van der Waals surface area contributed by atoms with Crippen molar-refractivity contribution < 1.29 is 14.4 Å². The van der Waals surface area contributed by atoms with Gasteiger partial charge < -0.3 is 0 Å². The molecule has 6 saturated carbocycles. The number of fused-ring (bicyclic) bond motifs is 1. The van der Waals surface area contributed by atoms with E-state index in [2.05, 4.69) is 0 Å². The summed E-state index contributed by atoms with van der Waals surface area (Å²) in [5.41, 5.74) is 0.323. The molecule has 0 aromatic rings. The number of carbonyl (C=O) groups is 3. The van der Waals surface area contributed by atoms with Crippen molar-refractivity contribution in [2.24, 2.45) is 46.3 Å². The van der Waals surface area contributed by atoms with Crippen LogP contribution in [0.1, 0.15) is 70.6 Å². The average Bonchev–Trinajstić information content (AvgIpc) is 3.23. The van der Waals surface area contributed by atoms with Gasteiger partial charge in [-0.3, -0.25) is 14.4 Å². The van der Waals surface area contributed by atoms with Crippen molar-refractivity contribution in [1.29, 1.82) is 0 Å². The maximum atomic E-state index is 13.2. The molecule has 0 amide bonds. The van der Waals surface area contributed by atoms with Gasteiger partial charge >= 0.3 is 0 Å². The van der Waals surface area contributed by atoms with Crippen LogP contribution in [-0.4, -0.2) is 17.3 Å². The molecule has 8 unspecified atom stereocenters. The summed E-state index contributed by atoms with van der Waals surface area (Å²) >= 11 is 0. The molecule has 0 radical (unpaired) electrons. The van der Waals surface area contributed by atoms with Crippen LogP contribution in [0.25, 0.3) is 0 Å². The number of rotatable bonds is 0. The van der Waals surface area contributed by atoms with Gasteiger partial charge in [-0.1, -0.05) is 0 Å². The van der Waals surface area contributed by atoms with Gasteiger partial charge in [0.15, 0.2) is 0 Å². The number of ketones is 3. The fourth-order valence-corrected chi connectivity index (χ4v) is 9.14. The first-order chi connectivity index (χ1) is 12.1. The lowest BCUT2D eigenvalue weighted by molar-refractivity contribution is -0.161. The van der Waals surface area contributed by atoms with Crippen molar-refractivity contribution in [3.05, 3.63) is 0 Å². The third-order valence-electron chi connectivity index (χ3n) is 9.96. The Kier molecular flexibility index (Phi) is 2.80. The fourth-order valence-electron chi connectivity index (χ4n) is 9.14. The summed E-state index contributed by atoms with van der Waals surface area (Å²) in [5, 5.41) is 0. The van der Waals surface area contributed by atoms with E-state index in [0.29, 0.717) is 47.4 Å². The second-order valence-electron chi connectivity index (χ2n) is 10.2. The van der Waals surface area contributed by atoms with Crippen molar-refractivity contribution in [3.8, 4) is 0 Å². The van der Waals surface area contributed by atoms with E-state index < -0.39 is 0 Å². The monoisotopic (exact) mass is 340 g/mol. The fraction of sp³-hybridized carbons (Fsp3) is 0.864. The Hall–Kier alpha value is -0.990.